The molecular weight excluding hydrogens is 895 g/mol. The second-order valence-electron chi connectivity index (χ2n) is 15.0. The quantitative estimate of drug-likeness (QED) is 0.0593. The predicted molar refractivity (Wildman–Crippen MR) is 259 cm³/mol. The van der Waals surface area contributed by atoms with Gasteiger partial charge >= 0.3 is 0 Å². The van der Waals surface area contributed by atoms with Gasteiger partial charge in [0.05, 0.1) is 80.3 Å². The zero-order valence-corrected chi connectivity index (χ0v) is 41.3. The van der Waals surface area contributed by atoms with Gasteiger partial charge in [-0.3, -0.25) is 19.4 Å². The molecule has 0 aliphatic carbocycles. The van der Waals surface area contributed by atoms with E-state index >= 15 is 0 Å². The second-order valence-corrected chi connectivity index (χ2v) is 15.3. The molecule has 0 spiro atoms. The van der Waals surface area contributed by atoms with E-state index < -0.39 is 6.04 Å². The van der Waals surface area contributed by atoms with Gasteiger partial charge in [-0.25, -0.2) is 0 Å². The van der Waals surface area contributed by atoms with Crippen LogP contribution in [0.1, 0.15) is 23.2 Å². The summed E-state index contributed by atoms with van der Waals surface area (Å²) in [4.78, 5) is 32.6. The third-order valence-corrected chi connectivity index (χ3v) is 10.5. The van der Waals surface area contributed by atoms with Crippen molar-refractivity contribution < 1.29 is 57.3 Å². The first-order valence-corrected chi connectivity index (χ1v) is 20.8. The molecule has 2 atom stereocenters. The highest BCUT2D eigenvalue weighted by Gasteiger charge is 2.45. The Balaban J connectivity index is 0.000000311. The van der Waals surface area contributed by atoms with Crippen LogP contribution >= 0.6 is 24.0 Å². The van der Waals surface area contributed by atoms with E-state index in [4.69, 9.17) is 54.2 Å². The Bertz CT molecular complexity index is 2280. The van der Waals surface area contributed by atoms with Crippen LogP contribution in [0.2, 0.25) is 0 Å². The molecule has 2 aliphatic rings. The molecule has 2 heterocycles. The maximum absolute atomic E-state index is 12.8. The molecule has 2 amide bonds. The Kier molecular flexibility index (Phi) is 20.4. The van der Waals surface area contributed by atoms with Crippen LogP contribution < -0.4 is 52.4 Å². The number of methoxy groups -OCH3 is 8. The monoisotopic (exact) mass is 956 g/mol. The number of phenols is 1. The number of halogens is 2. The van der Waals surface area contributed by atoms with Crippen LogP contribution in [0.5, 0.6) is 57.5 Å². The van der Waals surface area contributed by atoms with Crippen LogP contribution in [0.15, 0.2) is 85.0 Å². The van der Waals surface area contributed by atoms with E-state index in [9.17, 15) is 14.7 Å². The van der Waals surface area contributed by atoms with Gasteiger partial charge in [-0.1, -0.05) is 25.3 Å². The van der Waals surface area contributed by atoms with Crippen molar-refractivity contribution in [2.75, 3.05) is 120 Å². The SMILES string of the molecule is C=C1C(=O)N(c2cc(OC)c(OC)c(OC)c2)[C@H]1c1ccc(OC)c(O)c1.C=C1C(=O)N(c2cc(OC)c(OC)c(OC)c2)[C@H]1c1ccc(OC)c(OCCN(C)C)c1.CN(C)CCCl.Cl. The van der Waals surface area contributed by atoms with Gasteiger partial charge in [-0.15, -0.1) is 24.0 Å². The molecule has 0 unspecified atom stereocenters. The van der Waals surface area contributed by atoms with E-state index in [0.29, 0.717) is 86.4 Å². The van der Waals surface area contributed by atoms with Gasteiger partial charge in [0.25, 0.3) is 11.8 Å². The topological polar surface area (TPSA) is 150 Å². The van der Waals surface area contributed by atoms with E-state index in [-0.39, 0.29) is 36.0 Å². The minimum absolute atomic E-state index is 0. The first-order chi connectivity index (χ1) is 31.1. The second kappa shape index (κ2) is 24.9. The minimum atomic E-state index is -0.419. The van der Waals surface area contributed by atoms with Gasteiger partial charge < -0.3 is 57.5 Å². The van der Waals surface area contributed by atoms with Crippen LogP contribution in [-0.2, 0) is 9.59 Å². The molecule has 360 valence electrons. The van der Waals surface area contributed by atoms with E-state index in [1.54, 1.807) is 59.4 Å². The summed E-state index contributed by atoms with van der Waals surface area (Å²) >= 11 is 5.35. The number of benzene rings is 4. The Morgan fingerprint density at radius 3 is 1.24 bits per heavy atom. The number of amides is 2. The molecule has 4 aromatic rings. The number of nitrogens with zero attached hydrogens (tertiary/aromatic N) is 4. The molecule has 66 heavy (non-hydrogen) atoms. The number of hydrogen-bond acceptors (Lipinski definition) is 14. The first kappa shape index (κ1) is 54.1. The van der Waals surface area contributed by atoms with Crippen molar-refractivity contribution >= 4 is 47.2 Å². The Morgan fingerprint density at radius 1 is 0.545 bits per heavy atom. The van der Waals surface area contributed by atoms with Crippen LogP contribution in [-0.4, -0.2) is 137 Å². The number of aromatic hydroxyl groups is 1. The summed E-state index contributed by atoms with van der Waals surface area (Å²) in [7, 11) is 20.2. The molecule has 6 rings (SSSR count). The number of hydrogen-bond donors (Lipinski definition) is 1. The van der Waals surface area contributed by atoms with E-state index in [1.807, 2.05) is 56.2 Å². The molecule has 0 aromatic heterocycles. The van der Waals surface area contributed by atoms with E-state index in [0.717, 1.165) is 24.5 Å². The third-order valence-electron chi connectivity index (χ3n) is 10.4. The first-order valence-electron chi connectivity index (χ1n) is 20.3. The lowest BCUT2D eigenvalue weighted by molar-refractivity contribution is -0.119. The smallest absolute Gasteiger partial charge is 0.256 e. The standard InChI is InChI=1S/C24H30N2O6.C20H21NO6.C4H10ClN.ClH/c1-15-22(16-8-9-18(28-4)19(12-16)32-11-10-25(2)3)26(24(15)27)17-13-20(29-5)23(31-7)21(14-17)30-6;1-11-18(12-6-7-15(24-2)14(22)8-12)21(20(11)23)13-9-16(25-3)19(27-5)17(10-13)26-4;1-6(2)4-3-5;/h8-9,12-14,22H,1,10-11H2,2-7H3;6-10,18,22H,1H2,2-5H3;3-4H2,1-2H3;1H/t22-;18-;;/m11../s1. The zero-order chi connectivity index (χ0) is 48.1. The van der Waals surface area contributed by atoms with Gasteiger partial charge in [0, 0.05) is 54.4 Å². The molecule has 18 heteroatoms. The number of carbonyl (C=O) groups excluding carboxylic acids is 2. The summed E-state index contributed by atoms with van der Waals surface area (Å²) in [6.45, 7) is 10.1. The Hall–Kier alpha value is -6.20. The summed E-state index contributed by atoms with van der Waals surface area (Å²) < 4.78 is 48.8. The lowest BCUT2D eigenvalue weighted by Gasteiger charge is -2.42. The lowest BCUT2D eigenvalue weighted by Crippen LogP contribution is -2.48. The van der Waals surface area contributed by atoms with Gasteiger partial charge in [0.15, 0.2) is 46.0 Å². The van der Waals surface area contributed by atoms with E-state index in [2.05, 4.69) is 13.2 Å². The summed E-state index contributed by atoms with van der Waals surface area (Å²) in [6, 6.07) is 16.7. The number of β-lactam (4-membered cyclic amide) rings is 2. The fraction of sp³-hybridized carbons (Fsp3) is 0.375. The summed E-state index contributed by atoms with van der Waals surface area (Å²) in [5, 5.41) is 10.1. The summed E-state index contributed by atoms with van der Waals surface area (Å²) in [6.07, 6.45) is 0. The Morgan fingerprint density at radius 2 is 0.924 bits per heavy atom. The summed E-state index contributed by atoms with van der Waals surface area (Å²) in [5.74, 6) is 4.64. The van der Waals surface area contributed by atoms with Crippen LogP contribution in [0.25, 0.3) is 0 Å². The normalized spacial score (nSPS) is 15.0. The molecule has 0 saturated carbocycles. The van der Waals surface area contributed by atoms with Crippen molar-refractivity contribution in [2.24, 2.45) is 0 Å². The van der Waals surface area contributed by atoms with Crippen molar-refractivity contribution in [3.63, 3.8) is 0 Å². The molecule has 0 radical (unpaired) electrons. The predicted octanol–water partition coefficient (Wildman–Crippen LogP) is 7.58. The molecular formula is C48H62Cl2N4O12. The summed E-state index contributed by atoms with van der Waals surface area (Å²) in [5.41, 5.74) is 3.68. The zero-order valence-electron chi connectivity index (χ0n) is 39.7. The van der Waals surface area contributed by atoms with Crippen molar-refractivity contribution in [3.8, 4) is 57.5 Å². The lowest BCUT2D eigenvalue weighted by atomic mass is 9.88. The highest BCUT2D eigenvalue weighted by atomic mass is 35.5. The number of rotatable bonds is 18. The van der Waals surface area contributed by atoms with Crippen molar-refractivity contribution in [2.45, 2.75) is 12.1 Å². The number of ether oxygens (including phenoxy) is 9. The number of likely N-dealkylation sites (N-methyl/N-ethyl adjacent to an activating group) is 1. The Labute approximate surface area is 399 Å². The van der Waals surface area contributed by atoms with Gasteiger partial charge in [0.1, 0.15) is 6.61 Å². The molecule has 1 N–H and O–H groups in total. The largest absolute Gasteiger partial charge is 0.504 e. The van der Waals surface area contributed by atoms with Gasteiger partial charge in [0.2, 0.25) is 11.5 Å². The molecule has 2 aliphatic heterocycles. The van der Waals surface area contributed by atoms with Crippen molar-refractivity contribution in [1.29, 1.82) is 0 Å². The molecule has 2 fully saturated rings. The fourth-order valence-electron chi connectivity index (χ4n) is 6.96. The maximum atomic E-state index is 12.8. The van der Waals surface area contributed by atoms with E-state index in [1.165, 1.54) is 49.8 Å². The highest BCUT2D eigenvalue weighted by molar-refractivity contribution is 6.18. The van der Waals surface area contributed by atoms with Crippen LogP contribution in [0.3, 0.4) is 0 Å². The average molecular weight is 958 g/mol. The van der Waals surface area contributed by atoms with Crippen molar-refractivity contribution in [1.82, 2.24) is 9.80 Å². The highest BCUT2D eigenvalue weighted by Crippen LogP contribution is 2.50. The van der Waals surface area contributed by atoms with Gasteiger partial charge in [-0.2, -0.15) is 0 Å². The third kappa shape index (κ3) is 12.0. The van der Waals surface area contributed by atoms with Crippen molar-refractivity contribution in [3.05, 3.63) is 96.1 Å². The fourth-order valence-corrected chi connectivity index (χ4v) is 7.30. The number of alkyl halides is 1. The van der Waals surface area contributed by atoms with Crippen LogP contribution in [0, 0.1) is 0 Å². The molecule has 4 aromatic carbocycles. The molecule has 2 saturated heterocycles. The maximum Gasteiger partial charge on any atom is 0.256 e. The molecule has 16 nitrogen and oxygen atoms in total. The average Bonchev–Trinajstić information content (AvgIpc) is 3.30. The molecule has 0 bridgehead atoms. The number of carbonyl (C=O) groups is 2. The van der Waals surface area contributed by atoms with Gasteiger partial charge in [-0.05, 0) is 63.6 Å². The number of phenolic OH excluding ortho intramolecular Hbond substituents is 1. The minimum Gasteiger partial charge on any atom is -0.504 e. The number of anilines is 2. The van der Waals surface area contributed by atoms with Crippen LogP contribution in [0.4, 0.5) is 11.4 Å².